The van der Waals surface area contributed by atoms with Crippen molar-refractivity contribution in [3.63, 3.8) is 0 Å². The molecule has 4 rings (SSSR count). The highest BCUT2D eigenvalue weighted by molar-refractivity contribution is 6.05. The van der Waals surface area contributed by atoms with E-state index in [-0.39, 0.29) is 29.6 Å². The molecule has 0 radical (unpaired) electrons. The number of nitrogens with zero attached hydrogens (tertiary/aromatic N) is 1. The van der Waals surface area contributed by atoms with E-state index in [4.69, 9.17) is 0 Å². The van der Waals surface area contributed by atoms with Crippen LogP contribution in [0, 0.1) is 11.8 Å². The fraction of sp³-hybridized carbons (Fsp3) is 0.286. The van der Waals surface area contributed by atoms with E-state index >= 15 is 0 Å². The van der Waals surface area contributed by atoms with Gasteiger partial charge in [0.15, 0.2) is 0 Å². The molecule has 1 aliphatic heterocycles. The third-order valence-corrected chi connectivity index (χ3v) is 5.05. The molecule has 2 aromatic rings. The van der Waals surface area contributed by atoms with Crippen molar-refractivity contribution in [1.82, 2.24) is 0 Å². The Bertz CT molecular complexity index is 924. The van der Waals surface area contributed by atoms with Gasteiger partial charge in [-0.2, -0.15) is 0 Å². The first-order valence-electron chi connectivity index (χ1n) is 9.11. The lowest BCUT2D eigenvalue weighted by Crippen LogP contribution is -2.31. The Morgan fingerprint density at radius 1 is 0.963 bits per heavy atom. The number of para-hydroxylation sites is 1. The van der Waals surface area contributed by atoms with E-state index in [0.29, 0.717) is 24.3 Å². The fourth-order valence-electron chi connectivity index (χ4n) is 3.64. The van der Waals surface area contributed by atoms with Gasteiger partial charge in [-0.3, -0.25) is 14.4 Å². The summed E-state index contributed by atoms with van der Waals surface area (Å²) in [4.78, 5) is 38.3. The molecular formula is C21H21N3O3. The van der Waals surface area contributed by atoms with E-state index in [1.54, 1.807) is 24.3 Å². The van der Waals surface area contributed by atoms with Gasteiger partial charge in [-0.15, -0.1) is 0 Å². The standard InChI is InChI=1S/C21H21N3O3/c1-13(25)22-15-6-4-7-16(11-15)23-20(26)17-12-18(17)21(27)24-10-9-14-5-2-3-8-19(14)24/h2-8,11,17-18H,9-10,12H2,1H3,(H,22,25)(H,23,26). The quantitative estimate of drug-likeness (QED) is 0.877. The van der Waals surface area contributed by atoms with Gasteiger partial charge in [-0.25, -0.2) is 0 Å². The Morgan fingerprint density at radius 2 is 1.70 bits per heavy atom. The van der Waals surface area contributed by atoms with Crippen LogP contribution in [-0.2, 0) is 20.8 Å². The number of hydrogen-bond donors (Lipinski definition) is 2. The molecule has 27 heavy (non-hydrogen) atoms. The molecule has 1 saturated carbocycles. The lowest BCUT2D eigenvalue weighted by Gasteiger charge is -2.17. The van der Waals surface area contributed by atoms with E-state index < -0.39 is 0 Å². The van der Waals surface area contributed by atoms with Crippen molar-refractivity contribution in [3.8, 4) is 0 Å². The molecule has 1 fully saturated rings. The van der Waals surface area contributed by atoms with Crippen LogP contribution in [0.15, 0.2) is 48.5 Å². The molecule has 0 aromatic heterocycles. The second kappa shape index (κ2) is 6.87. The van der Waals surface area contributed by atoms with Gasteiger partial charge in [0.25, 0.3) is 0 Å². The average Bonchev–Trinajstić information content (AvgIpc) is 3.33. The predicted octanol–water partition coefficient (Wildman–Crippen LogP) is 2.81. The van der Waals surface area contributed by atoms with Crippen LogP contribution >= 0.6 is 0 Å². The average molecular weight is 363 g/mol. The van der Waals surface area contributed by atoms with Crippen molar-refractivity contribution in [2.75, 3.05) is 22.1 Å². The van der Waals surface area contributed by atoms with Crippen LogP contribution in [0.2, 0.25) is 0 Å². The molecule has 2 atom stereocenters. The molecule has 6 heteroatoms. The summed E-state index contributed by atoms with van der Waals surface area (Å²) >= 11 is 0. The summed E-state index contributed by atoms with van der Waals surface area (Å²) in [6, 6.07) is 14.9. The Morgan fingerprint density at radius 3 is 2.48 bits per heavy atom. The van der Waals surface area contributed by atoms with Crippen LogP contribution < -0.4 is 15.5 Å². The Kier molecular flexibility index (Phi) is 4.39. The van der Waals surface area contributed by atoms with Gasteiger partial charge >= 0.3 is 0 Å². The van der Waals surface area contributed by atoms with Crippen molar-refractivity contribution >= 4 is 34.8 Å². The van der Waals surface area contributed by atoms with Crippen molar-refractivity contribution in [1.29, 1.82) is 0 Å². The fourth-order valence-corrected chi connectivity index (χ4v) is 3.64. The summed E-state index contributed by atoms with van der Waals surface area (Å²) in [5.41, 5.74) is 3.38. The summed E-state index contributed by atoms with van der Waals surface area (Å²) < 4.78 is 0. The predicted molar refractivity (Wildman–Crippen MR) is 103 cm³/mol. The molecule has 2 unspecified atom stereocenters. The highest BCUT2D eigenvalue weighted by atomic mass is 16.2. The number of hydrogen-bond acceptors (Lipinski definition) is 3. The molecule has 138 valence electrons. The number of nitrogens with one attached hydrogen (secondary N) is 2. The van der Waals surface area contributed by atoms with Gasteiger partial charge < -0.3 is 15.5 Å². The smallest absolute Gasteiger partial charge is 0.230 e. The van der Waals surface area contributed by atoms with Gasteiger partial charge in [0.2, 0.25) is 17.7 Å². The third-order valence-electron chi connectivity index (χ3n) is 5.05. The Labute approximate surface area is 157 Å². The SMILES string of the molecule is CC(=O)Nc1cccc(NC(=O)C2CC2C(=O)N2CCc3ccccc32)c1. The van der Waals surface area contributed by atoms with E-state index in [9.17, 15) is 14.4 Å². The maximum absolute atomic E-state index is 12.8. The molecule has 6 nitrogen and oxygen atoms in total. The zero-order valence-electron chi connectivity index (χ0n) is 15.1. The largest absolute Gasteiger partial charge is 0.326 e. The first kappa shape index (κ1) is 17.3. The monoisotopic (exact) mass is 363 g/mol. The van der Waals surface area contributed by atoms with Crippen molar-refractivity contribution in [2.45, 2.75) is 19.8 Å². The molecule has 0 spiro atoms. The second-order valence-corrected chi connectivity index (χ2v) is 7.07. The summed E-state index contributed by atoms with van der Waals surface area (Å²) in [5, 5.41) is 5.54. The van der Waals surface area contributed by atoms with E-state index in [0.717, 1.165) is 12.1 Å². The van der Waals surface area contributed by atoms with E-state index in [1.807, 2.05) is 29.2 Å². The van der Waals surface area contributed by atoms with Gasteiger partial charge in [-0.05, 0) is 42.7 Å². The first-order chi connectivity index (χ1) is 13.0. The highest BCUT2D eigenvalue weighted by Gasteiger charge is 2.50. The van der Waals surface area contributed by atoms with Crippen molar-refractivity contribution < 1.29 is 14.4 Å². The van der Waals surface area contributed by atoms with Crippen LogP contribution in [0.4, 0.5) is 17.1 Å². The minimum absolute atomic E-state index is 0.0343. The van der Waals surface area contributed by atoms with E-state index in [2.05, 4.69) is 10.6 Å². The van der Waals surface area contributed by atoms with Crippen molar-refractivity contribution in [3.05, 3.63) is 54.1 Å². The van der Waals surface area contributed by atoms with Crippen LogP contribution in [0.5, 0.6) is 0 Å². The molecule has 0 saturated heterocycles. The number of benzene rings is 2. The van der Waals surface area contributed by atoms with Crippen LogP contribution in [0.3, 0.4) is 0 Å². The number of anilines is 3. The number of fused-ring (bicyclic) bond motifs is 1. The summed E-state index contributed by atoms with van der Waals surface area (Å²) in [7, 11) is 0. The summed E-state index contributed by atoms with van der Waals surface area (Å²) in [6.07, 6.45) is 1.44. The molecule has 2 N–H and O–H groups in total. The van der Waals surface area contributed by atoms with Gasteiger partial charge in [0, 0.05) is 30.5 Å². The maximum Gasteiger partial charge on any atom is 0.230 e. The topological polar surface area (TPSA) is 78.5 Å². The Hall–Kier alpha value is -3.15. The number of rotatable bonds is 4. The zero-order chi connectivity index (χ0) is 19.0. The lowest BCUT2D eigenvalue weighted by atomic mass is 10.2. The number of amides is 3. The molecule has 1 heterocycles. The number of carbonyl (C=O) groups excluding carboxylic acids is 3. The summed E-state index contributed by atoms with van der Waals surface area (Å²) in [6.45, 7) is 2.12. The minimum Gasteiger partial charge on any atom is -0.326 e. The lowest BCUT2D eigenvalue weighted by molar-refractivity contribution is -0.123. The zero-order valence-corrected chi connectivity index (χ0v) is 15.1. The summed E-state index contributed by atoms with van der Waals surface area (Å²) in [5.74, 6) is -0.838. The van der Waals surface area contributed by atoms with Gasteiger partial charge in [-0.1, -0.05) is 24.3 Å². The molecule has 0 bridgehead atoms. The van der Waals surface area contributed by atoms with Crippen molar-refractivity contribution in [2.24, 2.45) is 11.8 Å². The maximum atomic E-state index is 12.8. The van der Waals surface area contributed by atoms with Gasteiger partial charge in [0.05, 0.1) is 11.8 Å². The molecule has 3 amide bonds. The minimum atomic E-state index is -0.297. The number of carbonyl (C=O) groups is 3. The van der Waals surface area contributed by atoms with E-state index in [1.165, 1.54) is 12.5 Å². The Balaban J connectivity index is 1.38. The molecule has 2 aliphatic rings. The van der Waals surface area contributed by atoms with Crippen LogP contribution in [-0.4, -0.2) is 24.3 Å². The molecular weight excluding hydrogens is 342 g/mol. The second-order valence-electron chi connectivity index (χ2n) is 7.07. The highest BCUT2D eigenvalue weighted by Crippen LogP contribution is 2.43. The van der Waals surface area contributed by atoms with Gasteiger partial charge in [0.1, 0.15) is 0 Å². The normalized spacial score (nSPS) is 20.0. The molecule has 2 aromatic carbocycles. The molecule has 1 aliphatic carbocycles. The van der Waals surface area contributed by atoms with Crippen LogP contribution in [0.1, 0.15) is 18.9 Å². The third kappa shape index (κ3) is 3.56. The van der Waals surface area contributed by atoms with Crippen LogP contribution in [0.25, 0.3) is 0 Å². The first-order valence-corrected chi connectivity index (χ1v) is 9.11.